The molecule has 3 rings (SSSR count). The highest BCUT2D eigenvalue weighted by Crippen LogP contribution is 2.39. The zero-order valence-electron chi connectivity index (χ0n) is 9.86. The number of aromatic amines is 1. The molecule has 1 aliphatic rings. The number of fused-ring (bicyclic) bond motifs is 1. The molecular formula is C12H16N4O. The second kappa shape index (κ2) is 3.70. The Bertz CT molecular complexity index is 621. The molecule has 5 heteroatoms. The van der Waals surface area contributed by atoms with E-state index in [0.717, 1.165) is 22.6 Å². The molecule has 90 valence electrons. The highest BCUT2D eigenvalue weighted by molar-refractivity contribution is 5.43. The van der Waals surface area contributed by atoms with Crippen LogP contribution in [-0.4, -0.2) is 21.1 Å². The van der Waals surface area contributed by atoms with Crippen molar-refractivity contribution in [2.24, 2.45) is 5.73 Å². The lowest BCUT2D eigenvalue weighted by Crippen LogP contribution is -2.21. The first-order valence-electron chi connectivity index (χ1n) is 6.02. The molecule has 1 fully saturated rings. The molecule has 17 heavy (non-hydrogen) atoms. The fraction of sp³-hybridized carbons (Fsp3) is 0.500. The number of hydrogen-bond acceptors (Lipinski definition) is 3. The Morgan fingerprint density at radius 2 is 2.35 bits per heavy atom. The second-order valence-electron chi connectivity index (χ2n) is 4.70. The molecule has 0 radical (unpaired) electrons. The van der Waals surface area contributed by atoms with E-state index in [0.29, 0.717) is 18.9 Å². The van der Waals surface area contributed by atoms with Crippen molar-refractivity contribution in [3.8, 4) is 0 Å². The predicted octanol–water partition coefficient (Wildman–Crippen LogP) is 0.710. The Labute approximate surface area is 98.6 Å². The van der Waals surface area contributed by atoms with E-state index in [4.69, 9.17) is 5.73 Å². The van der Waals surface area contributed by atoms with Crippen LogP contribution in [0.3, 0.4) is 0 Å². The zero-order chi connectivity index (χ0) is 12.0. The van der Waals surface area contributed by atoms with Crippen molar-refractivity contribution in [3.63, 3.8) is 0 Å². The Morgan fingerprint density at radius 1 is 1.59 bits per heavy atom. The van der Waals surface area contributed by atoms with Gasteiger partial charge in [-0.15, -0.1) is 0 Å². The van der Waals surface area contributed by atoms with Gasteiger partial charge >= 0.3 is 0 Å². The number of aromatic nitrogens is 3. The summed E-state index contributed by atoms with van der Waals surface area (Å²) >= 11 is 0. The van der Waals surface area contributed by atoms with Crippen LogP contribution in [0.2, 0.25) is 0 Å². The monoisotopic (exact) mass is 232 g/mol. The molecule has 2 aromatic rings. The van der Waals surface area contributed by atoms with Crippen LogP contribution in [0.5, 0.6) is 0 Å². The standard InChI is InChI=1S/C12H16N4O/c1-7-9(4-5-13)12(17)14-11-6-10(8-2-3-8)15-16(7)11/h6,8H,2-5,13H2,1H3,(H,14,17). The van der Waals surface area contributed by atoms with Crippen molar-refractivity contribution >= 4 is 5.65 Å². The summed E-state index contributed by atoms with van der Waals surface area (Å²) in [5, 5.41) is 4.56. The Kier molecular flexibility index (Phi) is 2.29. The average Bonchev–Trinajstić information content (AvgIpc) is 3.06. The number of rotatable bonds is 3. The SMILES string of the molecule is Cc1c(CCN)c(=O)[nH]c2cc(C3CC3)nn12. The van der Waals surface area contributed by atoms with Gasteiger partial charge in [0.25, 0.3) is 5.56 Å². The molecule has 2 heterocycles. The molecule has 0 aliphatic heterocycles. The number of nitrogens with zero attached hydrogens (tertiary/aromatic N) is 2. The van der Waals surface area contributed by atoms with Crippen LogP contribution in [0, 0.1) is 6.92 Å². The van der Waals surface area contributed by atoms with Gasteiger partial charge in [-0.1, -0.05) is 0 Å². The second-order valence-corrected chi connectivity index (χ2v) is 4.70. The lowest BCUT2D eigenvalue weighted by Gasteiger charge is -2.05. The normalized spacial score (nSPS) is 15.6. The van der Waals surface area contributed by atoms with Crippen molar-refractivity contribution in [2.45, 2.75) is 32.1 Å². The van der Waals surface area contributed by atoms with Crippen LogP contribution in [0.25, 0.3) is 5.65 Å². The molecular weight excluding hydrogens is 216 g/mol. The van der Waals surface area contributed by atoms with Crippen LogP contribution in [0.1, 0.15) is 35.7 Å². The zero-order valence-corrected chi connectivity index (χ0v) is 9.86. The van der Waals surface area contributed by atoms with E-state index in [1.165, 1.54) is 12.8 Å². The number of H-pyrrole nitrogens is 1. The Hall–Kier alpha value is -1.62. The van der Waals surface area contributed by atoms with E-state index >= 15 is 0 Å². The minimum Gasteiger partial charge on any atom is -0.330 e. The van der Waals surface area contributed by atoms with Gasteiger partial charge in [-0.05, 0) is 32.7 Å². The summed E-state index contributed by atoms with van der Waals surface area (Å²) in [6.07, 6.45) is 3.02. The minimum absolute atomic E-state index is 0.0392. The van der Waals surface area contributed by atoms with Gasteiger partial charge in [0.2, 0.25) is 0 Å². The first kappa shape index (κ1) is 10.5. The first-order chi connectivity index (χ1) is 8.20. The molecule has 1 saturated carbocycles. The van der Waals surface area contributed by atoms with Crippen LogP contribution in [0.4, 0.5) is 0 Å². The molecule has 0 unspecified atom stereocenters. The molecule has 0 saturated heterocycles. The molecule has 3 N–H and O–H groups in total. The lowest BCUT2D eigenvalue weighted by molar-refractivity contribution is 0.811. The van der Waals surface area contributed by atoms with Crippen LogP contribution >= 0.6 is 0 Å². The van der Waals surface area contributed by atoms with Gasteiger partial charge in [0.1, 0.15) is 5.65 Å². The van der Waals surface area contributed by atoms with Crippen molar-refractivity contribution in [2.75, 3.05) is 6.54 Å². The maximum atomic E-state index is 11.9. The molecule has 0 bridgehead atoms. The molecule has 2 aromatic heterocycles. The summed E-state index contributed by atoms with van der Waals surface area (Å²) in [6, 6.07) is 1.98. The van der Waals surface area contributed by atoms with Crippen molar-refractivity contribution in [1.29, 1.82) is 0 Å². The van der Waals surface area contributed by atoms with E-state index in [2.05, 4.69) is 10.1 Å². The van der Waals surface area contributed by atoms with Crippen LogP contribution in [-0.2, 0) is 6.42 Å². The van der Waals surface area contributed by atoms with Gasteiger partial charge in [0.05, 0.1) is 5.69 Å². The maximum Gasteiger partial charge on any atom is 0.254 e. The highest BCUT2D eigenvalue weighted by atomic mass is 16.1. The van der Waals surface area contributed by atoms with E-state index in [1.54, 1.807) is 0 Å². The van der Waals surface area contributed by atoms with E-state index in [1.807, 2.05) is 17.5 Å². The summed E-state index contributed by atoms with van der Waals surface area (Å²) in [6.45, 7) is 2.41. The quantitative estimate of drug-likeness (QED) is 0.818. The summed E-state index contributed by atoms with van der Waals surface area (Å²) in [5.41, 5.74) is 9.01. The molecule has 0 spiro atoms. The summed E-state index contributed by atoms with van der Waals surface area (Å²) in [7, 11) is 0. The van der Waals surface area contributed by atoms with E-state index in [-0.39, 0.29) is 5.56 Å². The van der Waals surface area contributed by atoms with E-state index in [9.17, 15) is 4.79 Å². The summed E-state index contributed by atoms with van der Waals surface area (Å²) in [4.78, 5) is 14.8. The van der Waals surface area contributed by atoms with Gasteiger partial charge in [0.15, 0.2) is 0 Å². The van der Waals surface area contributed by atoms with Gasteiger partial charge in [-0.2, -0.15) is 5.10 Å². The number of nitrogens with two attached hydrogens (primary N) is 1. The fourth-order valence-corrected chi connectivity index (χ4v) is 2.25. The largest absolute Gasteiger partial charge is 0.330 e. The van der Waals surface area contributed by atoms with Crippen LogP contribution in [0.15, 0.2) is 10.9 Å². The molecule has 0 atom stereocenters. The molecule has 1 aliphatic carbocycles. The van der Waals surface area contributed by atoms with Crippen molar-refractivity contribution in [1.82, 2.24) is 14.6 Å². The summed E-state index contributed by atoms with van der Waals surface area (Å²) in [5.74, 6) is 0.593. The smallest absolute Gasteiger partial charge is 0.254 e. The van der Waals surface area contributed by atoms with Gasteiger partial charge in [-0.25, -0.2) is 4.52 Å². The predicted molar refractivity (Wildman–Crippen MR) is 65.3 cm³/mol. The minimum atomic E-state index is -0.0392. The fourth-order valence-electron chi connectivity index (χ4n) is 2.25. The summed E-state index contributed by atoms with van der Waals surface area (Å²) < 4.78 is 1.83. The van der Waals surface area contributed by atoms with Gasteiger partial charge in [0, 0.05) is 23.2 Å². The maximum absolute atomic E-state index is 11.9. The molecule has 0 aromatic carbocycles. The van der Waals surface area contributed by atoms with Crippen molar-refractivity contribution in [3.05, 3.63) is 33.4 Å². The van der Waals surface area contributed by atoms with Crippen LogP contribution < -0.4 is 11.3 Å². The third-order valence-electron chi connectivity index (χ3n) is 3.39. The Balaban J connectivity index is 2.21. The first-order valence-corrected chi connectivity index (χ1v) is 6.02. The number of nitrogens with one attached hydrogen (secondary N) is 1. The van der Waals surface area contributed by atoms with Gasteiger partial charge < -0.3 is 10.7 Å². The topological polar surface area (TPSA) is 76.2 Å². The van der Waals surface area contributed by atoms with Gasteiger partial charge in [-0.3, -0.25) is 4.79 Å². The average molecular weight is 232 g/mol. The number of hydrogen-bond donors (Lipinski definition) is 2. The number of aryl methyl sites for hydroxylation is 1. The third kappa shape index (κ3) is 1.67. The van der Waals surface area contributed by atoms with E-state index < -0.39 is 0 Å². The lowest BCUT2D eigenvalue weighted by atomic mass is 10.2. The van der Waals surface area contributed by atoms with Crippen molar-refractivity contribution < 1.29 is 0 Å². The molecule has 0 amide bonds. The third-order valence-corrected chi connectivity index (χ3v) is 3.39. The molecule has 5 nitrogen and oxygen atoms in total. The Morgan fingerprint density at radius 3 is 3.00 bits per heavy atom. The highest BCUT2D eigenvalue weighted by Gasteiger charge is 2.27.